The van der Waals surface area contributed by atoms with Crippen molar-refractivity contribution in [1.29, 1.82) is 0 Å². The van der Waals surface area contributed by atoms with Crippen LogP contribution in [0.5, 0.6) is 0 Å². The third-order valence-electron chi connectivity index (χ3n) is 3.06. The van der Waals surface area contributed by atoms with E-state index in [0.29, 0.717) is 11.3 Å². The lowest BCUT2D eigenvalue weighted by Crippen LogP contribution is -2.28. The summed E-state index contributed by atoms with van der Waals surface area (Å²) in [6, 6.07) is 1.49. The number of carboxylic acid groups (broad SMARTS) is 1. The fraction of sp³-hybridized carbons (Fsp3) is 0.545. The number of halogens is 2. The number of carboxylic acids is 1. The van der Waals surface area contributed by atoms with Crippen LogP contribution in [0, 0.1) is 0 Å². The highest BCUT2D eigenvalue weighted by atomic mass is 19.3. The van der Waals surface area contributed by atoms with Crippen LogP contribution in [-0.4, -0.2) is 28.1 Å². The molecule has 1 heterocycles. The van der Waals surface area contributed by atoms with Crippen molar-refractivity contribution in [2.45, 2.75) is 31.7 Å². The fourth-order valence-electron chi connectivity index (χ4n) is 2.28. The normalized spacial score (nSPS) is 17.8. The maximum absolute atomic E-state index is 13.3. The molecule has 0 unspecified atom stereocenters. The minimum absolute atomic E-state index is 0.0538. The SMILES string of the molecule is NCCn1c(C(=O)O)cc2c1CC(F)(F)CC2. The van der Waals surface area contributed by atoms with Crippen LogP contribution in [0.15, 0.2) is 6.07 Å². The first-order valence-electron chi connectivity index (χ1n) is 5.47. The summed E-state index contributed by atoms with van der Waals surface area (Å²) in [5.41, 5.74) is 6.57. The Balaban J connectivity index is 2.47. The molecule has 1 aliphatic carbocycles. The van der Waals surface area contributed by atoms with E-state index < -0.39 is 18.3 Å². The minimum atomic E-state index is -2.74. The van der Waals surface area contributed by atoms with Crippen LogP contribution < -0.4 is 5.73 Å². The van der Waals surface area contributed by atoms with E-state index in [1.54, 1.807) is 0 Å². The lowest BCUT2D eigenvalue weighted by molar-refractivity contribution is -0.0141. The van der Waals surface area contributed by atoms with Gasteiger partial charge in [-0.3, -0.25) is 0 Å². The average Bonchev–Trinajstić information content (AvgIpc) is 2.56. The molecule has 17 heavy (non-hydrogen) atoms. The number of alkyl halides is 2. The molecule has 0 saturated carbocycles. The number of aromatic carboxylic acids is 1. The number of aryl methyl sites for hydroxylation is 1. The predicted molar refractivity (Wildman–Crippen MR) is 57.4 cm³/mol. The topological polar surface area (TPSA) is 68.2 Å². The summed E-state index contributed by atoms with van der Waals surface area (Å²) in [5, 5.41) is 9.02. The summed E-state index contributed by atoms with van der Waals surface area (Å²) in [6.07, 6.45) is -0.387. The Kier molecular flexibility index (Phi) is 2.91. The van der Waals surface area contributed by atoms with Crippen LogP contribution in [0.4, 0.5) is 8.78 Å². The van der Waals surface area contributed by atoms with Gasteiger partial charge < -0.3 is 15.4 Å². The van der Waals surface area contributed by atoms with Gasteiger partial charge in [0.25, 0.3) is 5.92 Å². The number of carbonyl (C=O) groups is 1. The van der Waals surface area contributed by atoms with E-state index in [1.807, 2.05) is 0 Å². The molecule has 0 atom stereocenters. The first kappa shape index (κ1) is 12.0. The quantitative estimate of drug-likeness (QED) is 0.841. The number of aromatic nitrogens is 1. The molecule has 3 N–H and O–H groups in total. The van der Waals surface area contributed by atoms with Crippen molar-refractivity contribution in [3.63, 3.8) is 0 Å². The van der Waals surface area contributed by atoms with Crippen molar-refractivity contribution in [2.24, 2.45) is 5.73 Å². The van der Waals surface area contributed by atoms with E-state index in [4.69, 9.17) is 10.8 Å². The third kappa shape index (κ3) is 2.17. The molecule has 6 heteroatoms. The largest absolute Gasteiger partial charge is 0.477 e. The maximum Gasteiger partial charge on any atom is 0.352 e. The van der Waals surface area contributed by atoms with Crippen molar-refractivity contribution in [3.8, 4) is 0 Å². The average molecular weight is 244 g/mol. The Labute approximate surface area is 97.0 Å². The highest BCUT2D eigenvalue weighted by Gasteiger charge is 2.37. The van der Waals surface area contributed by atoms with Gasteiger partial charge in [-0.25, -0.2) is 13.6 Å². The van der Waals surface area contributed by atoms with Gasteiger partial charge in [0.05, 0.1) is 6.42 Å². The van der Waals surface area contributed by atoms with Crippen LogP contribution in [-0.2, 0) is 19.4 Å². The zero-order chi connectivity index (χ0) is 12.6. The number of rotatable bonds is 3. The third-order valence-corrected chi connectivity index (χ3v) is 3.06. The molecule has 94 valence electrons. The molecule has 0 amide bonds. The smallest absolute Gasteiger partial charge is 0.352 e. The van der Waals surface area contributed by atoms with Crippen LogP contribution >= 0.6 is 0 Å². The summed E-state index contributed by atoms with van der Waals surface area (Å²) in [7, 11) is 0. The lowest BCUT2D eigenvalue weighted by atomic mass is 9.94. The molecule has 0 aliphatic heterocycles. The fourth-order valence-corrected chi connectivity index (χ4v) is 2.28. The van der Waals surface area contributed by atoms with Crippen molar-refractivity contribution in [3.05, 3.63) is 23.0 Å². The maximum atomic E-state index is 13.3. The van der Waals surface area contributed by atoms with Crippen LogP contribution in [0.25, 0.3) is 0 Å². The van der Waals surface area contributed by atoms with Gasteiger partial charge in [-0.15, -0.1) is 0 Å². The Hall–Kier alpha value is -1.43. The Morgan fingerprint density at radius 1 is 1.59 bits per heavy atom. The van der Waals surface area contributed by atoms with Gasteiger partial charge in [-0.2, -0.15) is 0 Å². The molecular formula is C11H14F2N2O2. The first-order chi connectivity index (χ1) is 7.94. The Morgan fingerprint density at radius 2 is 2.29 bits per heavy atom. The molecule has 2 rings (SSSR count). The van der Waals surface area contributed by atoms with Crippen LogP contribution in [0.2, 0.25) is 0 Å². The van der Waals surface area contributed by atoms with E-state index in [0.717, 1.165) is 0 Å². The standard InChI is InChI=1S/C11H14F2N2O2/c12-11(13)2-1-7-5-8(10(16)17)15(4-3-14)9(7)6-11/h5H,1-4,6,14H2,(H,16,17). The predicted octanol–water partition coefficient (Wildman–Crippen LogP) is 1.27. The molecule has 0 spiro atoms. The zero-order valence-electron chi connectivity index (χ0n) is 9.25. The van der Waals surface area contributed by atoms with Gasteiger partial charge >= 0.3 is 5.97 Å². The second-order valence-corrected chi connectivity index (χ2v) is 4.28. The Bertz CT molecular complexity index is 455. The molecule has 4 nitrogen and oxygen atoms in total. The van der Waals surface area contributed by atoms with E-state index in [1.165, 1.54) is 10.6 Å². The van der Waals surface area contributed by atoms with E-state index in [9.17, 15) is 13.6 Å². The van der Waals surface area contributed by atoms with E-state index in [-0.39, 0.29) is 31.6 Å². The number of hydrogen-bond acceptors (Lipinski definition) is 2. The molecule has 1 aromatic rings. The van der Waals surface area contributed by atoms with Gasteiger partial charge in [-0.05, 0) is 18.1 Å². The van der Waals surface area contributed by atoms with Crippen LogP contribution in [0.1, 0.15) is 28.2 Å². The molecule has 0 fully saturated rings. The number of nitrogens with zero attached hydrogens (tertiary/aromatic N) is 1. The molecule has 1 aliphatic rings. The summed E-state index contributed by atoms with van der Waals surface area (Å²) in [4.78, 5) is 11.0. The van der Waals surface area contributed by atoms with Gasteiger partial charge in [0.15, 0.2) is 0 Å². The molecular weight excluding hydrogens is 230 g/mol. The van der Waals surface area contributed by atoms with Gasteiger partial charge in [0.1, 0.15) is 5.69 Å². The monoisotopic (exact) mass is 244 g/mol. The van der Waals surface area contributed by atoms with E-state index >= 15 is 0 Å². The highest BCUT2D eigenvalue weighted by molar-refractivity contribution is 5.86. The zero-order valence-corrected chi connectivity index (χ0v) is 9.25. The van der Waals surface area contributed by atoms with Gasteiger partial charge in [0, 0.05) is 25.2 Å². The summed E-state index contributed by atoms with van der Waals surface area (Å²) in [6.45, 7) is 0.486. The Morgan fingerprint density at radius 3 is 2.88 bits per heavy atom. The van der Waals surface area contributed by atoms with Crippen LogP contribution in [0.3, 0.4) is 0 Å². The van der Waals surface area contributed by atoms with Gasteiger partial charge in [-0.1, -0.05) is 0 Å². The summed E-state index contributed by atoms with van der Waals surface area (Å²) in [5.74, 6) is -3.84. The molecule has 0 bridgehead atoms. The lowest BCUT2D eigenvalue weighted by Gasteiger charge is -2.23. The molecule has 0 radical (unpaired) electrons. The van der Waals surface area contributed by atoms with Crippen molar-refractivity contribution in [2.75, 3.05) is 6.54 Å². The second-order valence-electron chi connectivity index (χ2n) is 4.28. The van der Waals surface area contributed by atoms with Crippen molar-refractivity contribution < 1.29 is 18.7 Å². The van der Waals surface area contributed by atoms with E-state index in [2.05, 4.69) is 0 Å². The number of hydrogen-bond donors (Lipinski definition) is 2. The summed E-state index contributed by atoms with van der Waals surface area (Å²) >= 11 is 0. The highest BCUT2D eigenvalue weighted by Crippen LogP contribution is 2.34. The molecule has 0 aromatic carbocycles. The van der Waals surface area contributed by atoms with Crippen molar-refractivity contribution in [1.82, 2.24) is 4.57 Å². The molecule has 1 aromatic heterocycles. The second kappa shape index (κ2) is 4.10. The first-order valence-corrected chi connectivity index (χ1v) is 5.47. The number of nitrogens with two attached hydrogens (primary N) is 1. The summed E-state index contributed by atoms with van der Waals surface area (Å²) < 4.78 is 28.1. The minimum Gasteiger partial charge on any atom is -0.477 e. The van der Waals surface area contributed by atoms with Gasteiger partial charge in [0.2, 0.25) is 0 Å². The number of fused-ring (bicyclic) bond motifs is 1. The molecule has 0 saturated heterocycles. The van der Waals surface area contributed by atoms with Crippen molar-refractivity contribution >= 4 is 5.97 Å².